The number of nitrogens with two attached hydrogens (primary N) is 1. The lowest BCUT2D eigenvalue weighted by Gasteiger charge is -2.05. The first-order valence-electron chi connectivity index (χ1n) is 4.71. The van der Waals surface area contributed by atoms with Gasteiger partial charge in [-0.2, -0.15) is 0 Å². The zero-order valence-electron chi connectivity index (χ0n) is 8.78. The molecule has 3 nitrogen and oxygen atoms in total. The fourth-order valence-electron chi connectivity index (χ4n) is 1.45. The van der Waals surface area contributed by atoms with Crippen molar-refractivity contribution < 1.29 is 9.15 Å². The van der Waals surface area contributed by atoms with Crippen LogP contribution in [0, 0.1) is 6.92 Å². The van der Waals surface area contributed by atoms with Crippen LogP contribution in [0.3, 0.4) is 0 Å². The normalized spacial score (nSPS) is 10.3. The van der Waals surface area contributed by atoms with Crippen molar-refractivity contribution in [3.63, 3.8) is 0 Å². The second kappa shape index (κ2) is 3.69. The summed E-state index contributed by atoms with van der Waals surface area (Å²) >= 11 is 0. The van der Waals surface area contributed by atoms with Crippen LogP contribution in [0.1, 0.15) is 5.76 Å². The quantitative estimate of drug-likeness (QED) is 0.763. The third kappa shape index (κ3) is 1.81. The molecule has 3 heteroatoms. The van der Waals surface area contributed by atoms with Gasteiger partial charge in [-0.25, -0.2) is 0 Å². The third-order valence-corrected chi connectivity index (χ3v) is 2.26. The molecule has 78 valence electrons. The number of anilines is 1. The Morgan fingerprint density at radius 2 is 2.00 bits per heavy atom. The van der Waals surface area contributed by atoms with E-state index in [9.17, 15) is 0 Å². The molecule has 0 spiro atoms. The molecule has 0 unspecified atom stereocenters. The lowest BCUT2D eigenvalue weighted by atomic mass is 10.1. The van der Waals surface area contributed by atoms with Crippen molar-refractivity contribution in [2.45, 2.75) is 6.92 Å². The van der Waals surface area contributed by atoms with Crippen LogP contribution in [-0.4, -0.2) is 7.11 Å². The fraction of sp³-hybridized carbons (Fsp3) is 0.167. The van der Waals surface area contributed by atoms with Crippen molar-refractivity contribution in [1.82, 2.24) is 0 Å². The number of furan rings is 1. The van der Waals surface area contributed by atoms with Gasteiger partial charge in [-0.15, -0.1) is 0 Å². The maximum Gasteiger partial charge on any atom is 0.142 e. The maximum atomic E-state index is 5.73. The Balaban J connectivity index is 2.45. The molecule has 2 rings (SSSR count). The minimum Gasteiger partial charge on any atom is -0.495 e. The first kappa shape index (κ1) is 9.65. The highest BCUT2D eigenvalue weighted by Gasteiger charge is 2.05. The van der Waals surface area contributed by atoms with Gasteiger partial charge in [0.05, 0.1) is 12.8 Å². The smallest absolute Gasteiger partial charge is 0.142 e. The zero-order valence-corrected chi connectivity index (χ0v) is 8.78. The Morgan fingerprint density at radius 1 is 1.20 bits per heavy atom. The molecule has 1 heterocycles. The zero-order chi connectivity index (χ0) is 10.8. The van der Waals surface area contributed by atoms with Crippen LogP contribution < -0.4 is 10.5 Å². The summed E-state index contributed by atoms with van der Waals surface area (Å²) in [4.78, 5) is 0. The highest BCUT2D eigenvalue weighted by molar-refractivity contribution is 5.66. The summed E-state index contributed by atoms with van der Waals surface area (Å²) in [6.45, 7) is 1.91. The van der Waals surface area contributed by atoms with Gasteiger partial charge >= 0.3 is 0 Å². The first-order chi connectivity index (χ1) is 7.20. The second-order valence-corrected chi connectivity index (χ2v) is 3.37. The topological polar surface area (TPSA) is 48.4 Å². The highest BCUT2D eigenvalue weighted by Crippen LogP contribution is 2.29. The van der Waals surface area contributed by atoms with E-state index in [1.807, 2.05) is 37.3 Å². The number of aryl methyl sites for hydroxylation is 1. The van der Waals surface area contributed by atoms with Gasteiger partial charge in [0, 0.05) is 5.56 Å². The van der Waals surface area contributed by atoms with E-state index in [0.717, 1.165) is 17.1 Å². The molecular formula is C12H13NO2. The Bertz CT molecular complexity index is 474. The SMILES string of the molecule is COc1cc(-c2ccc(C)o2)ccc1N. The van der Waals surface area contributed by atoms with Crippen LogP contribution in [0.15, 0.2) is 34.7 Å². The average molecular weight is 203 g/mol. The lowest BCUT2D eigenvalue weighted by Crippen LogP contribution is -1.91. The Kier molecular flexibility index (Phi) is 2.37. The molecule has 0 saturated carbocycles. The molecule has 0 fully saturated rings. The van der Waals surface area contributed by atoms with Gasteiger partial charge in [0.2, 0.25) is 0 Å². The van der Waals surface area contributed by atoms with Crippen LogP contribution >= 0.6 is 0 Å². The molecule has 2 aromatic rings. The Hall–Kier alpha value is -1.90. The predicted molar refractivity (Wildman–Crippen MR) is 59.8 cm³/mol. The summed E-state index contributed by atoms with van der Waals surface area (Å²) in [5.74, 6) is 2.38. The predicted octanol–water partition coefficient (Wildman–Crippen LogP) is 2.85. The maximum absolute atomic E-state index is 5.73. The largest absolute Gasteiger partial charge is 0.495 e. The van der Waals surface area contributed by atoms with Crippen LogP contribution in [0.5, 0.6) is 5.75 Å². The van der Waals surface area contributed by atoms with Crippen LogP contribution in [0.25, 0.3) is 11.3 Å². The number of nitrogen functional groups attached to an aromatic ring is 1. The van der Waals surface area contributed by atoms with E-state index in [1.165, 1.54) is 0 Å². The fourth-order valence-corrected chi connectivity index (χ4v) is 1.45. The molecule has 0 radical (unpaired) electrons. The van der Waals surface area contributed by atoms with Crippen molar-refractivity contribution in [1.29, 1.82) is 0 Å². The van der Waals surface area contributed by atoms with Crippen molar-refractivity contribution in [2.75, 3.05) is 12.8 Å². The number of hydrogen-bond acceptors (Lipinski definition) is 3. The number of methoxy groups -OCH3 is 1. The summed E-state index contributed by atoms with van der Waals surface area (Å²) < 4.78 is 10.7. The molecule has 1 aromatic carbocycles. The molecule has 0 amide bonds. The van der Waals surface area contributed by atoms with Gasteiger partial charge in [0.1, 0.15) is 17.3 Å². The first-order valence-corrected chi connectivity index (χ1v) is 4.71. The summed E-state index contributed by atoms with van der Waals surface area (Å²) in [6.07, 6.45) is 0. The molecule has 1 aromatic heterocycles. The number of rotatable bonds is 2. The molecular weight excluding hydrogens is 190 g/mol. The summed E-state index contributed by atoms with van der Waals surface area (Å²) in [5.41, 5.74) is 7.32. The van der Waals surface area contributed by atoms with Gasteiger partial charge in [-0.3, -0.25) is 0 Å². The molecule has 0 saturated heterocycles. The van der Waals surface area contributed by atoms with Crippen molar-refractivity contribution >= 4 is 5.69 Å². The average Bonchev–Trinajstić information content (AvgIpc) is 2.66. The van der Waals surface area contributed by atoms with Crippen LogP contribution in [0.2, 0.25) is 0 Å². The molecule has 0 bridgehead atoms. The monoisotopic (exact) mass is 203 g/mol. The van der Waals surface area contributed by atoms with Gasteiger partial charge < -0.3 is 14.9 Å². The van der Waals surface area contributed by atoms with Crippen molar-refractivity contribution in [3.05, 3.63) is 36.1 Å². The van der Waals surface area contributed by atoms with Crippen LogP contribution in [-0.2, 0) is 0 Å². The Morgan fingerprint density at radius 3 is 2.60 bits per heavy atom. The molecule has 0 aliphatic heterocycles. The van der Waals surface area contributed by atoms with Gasteiger partial charge in [-0.1, -0.05) is 0 Å². The van der Waals surface area contributed by atoms with Gasteiger partial charge in [0.15, 0.2) is 0 Å². The molecule has 0 aliphatic rings. The van der Waals surface area contributed by atoms with E-state index >= 15 is 0 Å². The minimum absolute atomic E-state index is 0.629. The third-order valence-electron chi connectivity index (χ3n) is 2.26. The molecule has 15 heavy (non-hydrogen) atoms. The summed E-state index contributed by atoms with van der Waals surface area (Å²) in [7, 11) is 1.60. The summed E-state index contributed by atoms with van der Waals surface area (Å²) in [6, 6.07) is 9.45. The standard InChI is InChI=1S/C12H13NO2/c1-8-3-6-11(15-8)9-4-5-10(13)12(7-9)14-2/h3-7H,13H2,1-2H3. The molecule has 0 atom stereocenters. The molecule has 2 N–H and O–H groups in total. The van der Waals surface area contributed by atoms with E-state index in [0.29, 0.717) is 11.4 Å². The number of benzene rings is 1. The minimum atomic E-state index is 0.629. The van der Waals surface area contributed by atoms with Gasteiger partial charge in [0.25, 0.3) is 0 Å². The van der Waals surface area contributed by atoms with E-state index < -0.39 is 0 Å². The van der Waals surface area contributed by atoms with E-state index in [1.54, 1.807) is 7.11 Å². The van der Waals surface area contributed by atoms with E-state index in [2.05, 4.69) is 0 Å². The second-order valence-electron chi connectivity index (χ2n) is 3.37. The van der Waals surface area contributed by atoms with E-state index in [4.69, 9.17) is 14.9 Å². The molecule has 0 aliphatic carbocycles. The van der Waals surface area contributed by atoms with Crippen molar-refractivity contribution in [3.8, 4) is 17.1 Å². The highest BCUT2D eigenvalue weighted by atomic mass is 16.5. The number of hydrogen-bond donors (Lipinski definition) is 1. The number of ether oxygens (including phenoxy) is 1. The van der Waals surface area contributed by atoms with Crippen molar-refractivity contribution in [2.24, 2.45) is 0 Å². The van der Waals surface area contributed by atoms with Gasteiger partial charge in [-0.05, 0) is 37.3 Å². The van der Waals surface area contributed by atoms with Crippen LogP contribution in [0.4, 0.5) is 5.69 Å². The lowest BCUT2D eigenvalue weighted by molar-refractivity contribution is 0.417. The Labute approximate surface area is 88.5 Å². The van der Waals surface area contributed by atoms with E-state index in [-0.39, 0.29) is 0 Å². The summed E-state index contributed by atoms with van der Waals surface area (Å²) in [5, 5.41) is 0.